The van der Waals surface area contributed by atoms with E-state index in [1.165, 1.54) is 44.2 Å². The van der Waals surface area contributed by atoms with Crippen molar-refractivity contribution in [1.29, 1.82) is 0 Å². The molecule has 41 heavy (non-hydrogen) atoms. The second-order valence-corrected chi connectivity index (χ2v) is 8.90. The number of esters is 2. The summed E-state index contributed by atoms with van der Waals surface area (Å²) in [6.07, 6.45) is 0. The van der Waals surface area contributed by atoms with Crippen LogP contribution in [0.15, 0.2) is 46.9 Å². The molecular weight excluding hydrogens is 544 g/mol. The van der Waals surface area contributed by atoms with E-state index in [1.54, 1.807) is 0 Å². The van der Waals surface area contributed by atoms with E-state index in [1.807, 2.05) is 0 Å². The molecule has 1 aliphatic heterocycles. The molecule has 0 bridgehead atoms. The molecule has 0 fully saturated rings. The number of hydrogen-bond donors (Lipinski definition) is 5. The second-order valence-electron chi connectivity index (χ2n) is 8.90. The maximum atomic E-state index is 11.5. The van der Waals surface area contributed by atoms with E-state index in [0.717, 1.165) is 12.1 Å². The Bertz CT molecular complexity index is 1900. The Balaban J connectivity index is 1.48. The number of rotatable bonds is 4. The van der Waals surface area contributed by atoms with Gasteiger partial charge in [0.2, 0.25) is 23.0 Å². The Hall–Kier alpha value is -5.98. The zero-order chi connectivity index (χ0) is 29.2. The number of phenols is 5. The standard InChI is InChI=1S/C28H18O13/c1-10(29)36-13-5-14(37-11(2)30)7-15(6-13)38-25-17(33)8-18(34)26-28(25)41-27-21(40-26)9-20-23(24(27)35)22-16(32)3-12(31)4-19(22)39-20/h3-9,31-35H,1-2H3. The van der Waals surface area contributed by atoms with Crippen molar-refractivity contribution in [3.63, 3.8) is 0 Å². The molecule has 0 radical (unpaired) electrons. The summed E-state index contributed by atoms with van der Waals surface area (Å²) >= 11 is 0. The van der Waals surface area contributed by atoms with Gasteiger partial charge in [-0.15, -0.1) is 0 Å². The predicted octanol–water partition coefficient (Wildman–Crippen LogP) is 5.65. The smallest absolute Gasteiger partial charge is 0.308 e. The number of benzene rings is 4. The van der Waals surface area contributed by atoms with Crippen molar-refractivity contribution in [3.05, 3.63) is 42.5 Å². The Kier molecular flexibility index (Phi) is 5.59. The topological polar surface area (TPSA) is 195 Å². The lowest BCUT2D eigenvalue weighted by atomic mass is 10.1. The van der Waals surface area contributed by atoms with Gasteiger partial charge in [0, 0.05) is 56.3 Å². The lowest BCUT2D eigenvalue weighted by Gasteiger charge is -2.24. The van der Waals surface area contributed by atoms with Crippen LogP contribution < -0.4 is 23.7 Å². The van der Waals surface area contributed by atoms with Crippen LogP contribution in [0.25, 0.3) is 21.9 Å². The molecule has 0 saturated carbocycles. The first-order valence-electron chi connectivity index (χ1n) is 11.8. The van der Waals surface area contributed by atoms with Crippen LogP contribution in [-0.2, 0) is 9.59 Å². The van der Waals surface area contributed by atoms with Crippen molar-refractivity contribution in [1.82, 2.24) is 0 Å². The van der Waals surface area contributed by atoms with Gasteiger partial charge in [-0.05, 0) is 0 Å². The molecule has 4 aromatic carbocycles. The molecular formula is C28H18O13. The SMILES string of the molecule is CC(=O)Oc1cc(OC(C)=O)cc(Oc2c(O)cc(O)c3c2Oc2c(cc4oc5cc(O)cc(O)c5c4c2O)O3)c1. The van der Waals surface area contributed by atoms with Gasteiger partial charge in [-0.1, -0.05) is 0 Å². The number of phenolic OH excluding ortho intramolecular Hbond substituents is 5. The largest absolute Gasteiger partial charge is 0.508 e. The van der Waals surface area contributed by atoms with Crippen LogP contribution in [0.4, 0.5) is 0 Å². The highest BCUT2D eigenvalue weighted by Gasteiger charge is 2.33. The van der Waals surface area contributed by atoms with Crippen LogP contribution >= 0.6 is 0 Å². The molecule has 0 amide bonds. The maximum Gasteiger partial charge on any atom is 0.308 e. The summed E-state index contributed by atoms with van der Waals surface area (Å²) in [7, 11) is 0. The van der Waals surface area contributed by atoms with Crippen molar-refractivity contribution in [3.8, 4) is 74.7 Å². The van der Waals surface area contributed by atoms with Crippen molar-refractivity contribution in [2.24, 2.45) is 0 Å². The minimum atomic E-state index is -0.663. The fourth-order valence-corrected chi connectivity index (χ4v) is 4.41. The molecule has 2 heterocycles. The van der Waals surface area contributed by atoms with E-state index in [0.29, 0.717) is 0 Å². The van der Waals surface area contributed by atoms with Crippen LogP contribution in [0.5, 0.6) is 74.7 Å². The third-order valence-electron chi connectivity index (χ3n) is 5.88. The molecule has 13 heteroatoms. The minimum Gasteiger partial charge on any atom is -0.508 e. The van der Waals surface area contributed by atoms with Gasteiger partial charge in [0.05, 0.1) is 10.8 Å². The number of carbonyl (C=O) groups is 2. The minimum absolute atomic E-state index is 0.0373. The Morgan fingerprint density at radius 2 is 1.27 bits per heavy atom. The molecule has 208 valence electrons. The summed E-state index contributed by atoms with van der Waals surface area (Å²) in [6, 6.07) is 8.37. The number of hydrogen-bond acceptors (Lipinski definition) is 13. The lowest BCUT2D eigenvalue weighted by molar-refractivity contribution is -0.132. The quantitative estimate of drug-likeness (QED) is 0.131. The summed E-state index contributed by atoms with van der Waals surface area (Å²) in [6.45, 7) is 2.33. The van der Waals surface area contributed by atoms with Gasteiger partial charge in [0.1, 0.15) is 39.9 Å². The summed E-state index contributed by atoms with van der Waals surface area (Å²) in [4.78, 5) is 23.0. The maximum absolute atomic E-state index is 11.5. The molecule has 0 atom stereocenters. The highest BCUT2D eigenvalue weighted by atomic mass is 16.6. The van der Waals surface area contributed by atoms with Gasteiger partial charge in [0.25, 0.3) is 0 Å². The van der Waals surface area contributed by atoms with E-state index >= 15 is 0 Å². The molecule has 5 aromatic rings. The Labute approximate surface area is 228 Å². The first-order chi connectivity index (χ1) is 19.5. The van der Waals surface area contributed by atoms with E-state index in [4.69, 9.17) is 28.1 Å². The van der Waals surface area contributed by atoms with Crippen LogP contribution in [0, 0.1) is 0 Å². The molecule has 13 nitrogen and oxygen atoms in total. The van der Waals surface area contributed by atoms with Crippen LogP contribution in [0.3, 0.4) is 0 Å². The summed E-state index contributed by atoms with van der Waals surface area (Å²) in [5.41, 5.74) is 0.132. The number of furan rings is 1. The molecule has 0 spiro atoms. The van der Waals surface area contributed by atoms with Gasteiger partial charge in [0.15, 0.2) is 23.0 Å². The van der Waals surface area contributed by atoms with Gasteiger partial charge in [-0.25, -0.2) is 0 Å². The first-order valence-corrected chi connectivity index (χ1v) is 11.8. The average molecular weight is 562 g/mol. The normalized spacial score (nSPS) is 11.8. The van der Waals surface area contributed by atoms with E-state index < -0.39 is 29.2 Å². The van der Waals surface area contributed by atoms with E-state index in [-0.39, 0.29) is 79.4 Å². The summed E-state index contributed by atoms with van der Waals surface area (Å²) in [5.74, 6) is -5.21. The number of ether oxygens (including phenoxy) is 5. The van der Waals surface area contributed by atoms with E-state index in [9.17, 15) is 35.1 Å². The highest BCUT2D eigenvalue weighted by Crippen LogP contribution is 2.61. The number of aromatic hydroxyl groups is 5. The van der Waals surface area contributed by atoms with Gasteiger partial charge < -0.3 is 53.6 Å². The molecule has 6 rings (SSSR count). The number of fused-ring (bicyclic) bond motifs is 5. The zero-order valence-corrected chi connectivity index (χ0v) is 21.0. The fraction of sp³-hybridized carbons (Fsp3) is 0.0714. The van der Waals surface area contributed by atoms with Crippen molar-refractivity contribution in [2.75, 3.05) is 0 Å². The molecule has 0 aliphatic carbocycles. The van der Waals surface area contributed by atoms with Crippen molar-refractivity contribution in [2.45, 2.75) is 13.8 Å². The molecule has 5 N–H and O–H groups in total. The molecule has 1 aliphatic rings. The average Bonchev–Trinajstić information content (AvgIpc) is 3.23. The second kappa shape index (κ2) is 9.05. The third-order valence-corrected chi connectivity index (χ3v) is 5.88. The monoisotopic (exact) mass is 562 g/mol. The number of carbonyl (C=O) groups excluding carboxylic acids is 2. The Morgan fingerprint density at radius 3 is 1.93 bits per heavy atom. The van der Waals surface area contributed by atoms with Crippen LogP contribution in [-0.4, -0.2) is 37.5 Å². The van der Waals surface area contributed by atoms with E-state index in [2.05, 4.69) is 0 Å². The van der Waals surface area contributed by atoms with Gasteiger partial charge >= 0.3 is 11.9 Å². The predicted molar refractivity (Wildman–Crippen MR) is 138 cm³/mol. The fourth-order valence-electron chi connectivity index (χ4n) is 4.41. The third kappa shape index (κ3) is 4.30. The van der Waals surface area contributed by atoms with Crippen molar-refractivity contribution < 1.29 is 63.2 Å². The molecule has 0 saturated heterocycles. The lowest BCUT2D eigenvalue weighted by Crippen LogP contribution is -2.05. The van der Waals surface area contributed by atoms with Crippen LogP contribution in [0.1, 0.15) is 13.8 Å². The zero-order valence-electron chi connectivity index (χ0n) is 21.0. The van der Waals surface area contributed by atoms with Gasteiger partial charge in [-0.2, -0.15) is 0 Å². The van der Waals surface area contributed by atoms with Crippen molar-refractivity contribution >= 4 is 33.9 Å². The Morgan fingerprint density at radius 1 is 0.634 bits per heavy atom. The van der Waals surface area contributed by atoms with Crippen LogP contribution in [0.2, 0.25) is 0 Å². The highest BCUT2D eigenvalue weighted by molar-refractivity contribution is 6.13. The molecule has 1 aromatic heterocycles. The summed E-state index contributed by atoms with van der Waals surface area (Å²) < 4.78 is 33.3. The summed E-state index contributed by atoms with van der Waals surface area (Å²) in [5, 5.41) is 52.7. The van der Waals surface area contributed by atoms with Gasteiger partial charge in [-0.3, -0.25) is 9.59 Å². The molecule has 0 unspecified atom stereocenters. The first kappa shape index (κ1) is 25.3.